The van der Waals surface area contributed by atoms with Gasteiger partial charge in [0.05, 0.1) is 19.4 Å². The second-order valence-corrected chi connectivity index (χ2v) is 7.08. The van der Waals surface area contributed by atoms with Gasteiger partial charge in [0, 0.05) is 16.1 Å². The fourth-order valence-corrected chi connectivity index (χ4v) is 3.05. The van der Waals surface area contributed by atoms with E-state index in [9.17, 15) is 4.79 Å². The normalized spacial score (nSPS) is 10.7. The summed E-state index contributed by atoms with van der Waals surface area (Å²) in [4.78, 5) is 12.3. The van der Waals surface area contributed by atoms with Gasteiger partial charge < -0.3 is 14.2 Å². The number of rotatable bonds is 10. The molecule has 0 radical (unpaired) electrons. The quantitative estimate of drug-likeness (QED) is 0.326. The van der Waals surface area contributed by atoms with Gasteiger partial charge in [0.25, 0.3) is 5.91 Å². The van der Waals surface area contributed by atoms with E-state index in [0.717, 1.165) is 11.1 Å². The van der Waals surface area contributed by atoms with Crippen LogP contribution >= 0.6 is 11.6 Å². The number of hydrogen-bond acceptors (Lipinski definition) is 5. The molecule has 166 valence electrons. The van der Waals surface area contributed by atoms with Crippen molar-refractivity contribution in [2.45, 2.75) is 20.5 Å². The number of ether oxygens (including phenoxy) is 3. The van der Waals surface area contributed by atoms with Gasteiger partial charge >= 0.3 is 0 Å². The predicted molar refractivity (Wildman–Crippen MR) is 126 cm³/mol. The lowest BCUT2D eigenvalue weighted by atomic mass is 10.2. The zero-order chi connectivity index (χ0) is 22.8. The van der Waals surface area contributed by atoms with Crippen molar-refractivity contribution in [2.75, 3.05) is 13.2 Å². The van der Waals surface area contributed by atoms with Crippen LogP contribution in [0, 0.1) is 0 Å². The lowest BCUT2D eigenvalue weighted by Crippen LogP contribution is -2.17. The van der Waals surface area contributed by atoms with Crippen molar-refractivity contribution in [3.63, 3.8) is 0 Å². The third-order valence-corrected chi connectivity index (χ3v) is 4.78. The summed E-state index contributed by atoms with van der Waals surface area (Å²) in [5.41, 5.74) is 4.65. The Hall–Kier alpha value is -3.51. The smallest absolute Gasteiger partial charge is 0.271 e. The van der Waals surface area contributed by atoms with Gasteiger partial charge in [0.1, 0.15) is 12.4 Å². The van der Waals surface area contributed by atoms with Crippen LogP contribution in [0.4, 0.5) is 0 Å². The highest BCUT2D eigenvalue weighted by atomic mass is 35.5. The number of hydrogen-bond donors (Lipinski definition) is 1. The van der Waals surface area contributed by atoms with Crippen LogP contribution in [0.5, 0.6) is 17.2 Å². The van der Waals surface area contributed by atoms with Crippen molar-refractivity contribution in [3.8, 4) is 17.2 Å². The largest absolute Gasteiger partial charge is 0.494 e. The van der Waals surface area contributed by atoms with Crippen molar-refractivity contribution >= 4 is 23.7 Å². The van der Waals surface area contributed by atoms with E-state index in [1.165, 1.54) is 0 Å². The van der Waals surface area contributed by atoms with E-state index in [4.69, 9.17) is 25.8 Å². The molecule has 3 aromatic rings. The summed E-state index contributed by atoms with van der Waals surface area (Å²) >= 11 is 6.20. The molecule has 3 aromatic carbocycles. The number of nitrogens with zero attached hydrogens (tertiary/aromatic N) is 1. The van der Waals surface area contributed by atoms with E-state index in [2.05, 4.69) is 10.5 Å². The number of halogens is 1. The molecule has 3 rings (SSSR count). The van der Waals surface area contributed by atoms with Crippen LogP contribution in [0.25, 0.3) is 0 Å². The molecule has 7 heteroatoms. The maximum Gasteiger partial charge on any atom is 0.271 e. The fraction of sp³-hybridized carbons (Fsp3) is 0.200. The van der Waals surface area contributed by atoms with Crippen molar-refractivity contribution in [2.24, 2.45) is 5.10 Å². The highest BCUT2D eigenvalue weighted by molar-refractivity contribution is 6.31. The molecule has 0 aliphatic heterocycles. The number of hydrazone groups is 1. The van der Waals surface area contributed by atoms with Gasteiger partial charge in [-0.2, -0.15) is 5.10 Å². The van der Waals surface area contributed by atoms with Crippen molar-refractivity contribution < 1.29 is 19.0 Å². The van der Waals surface area contributed by atoms with Crippen LogP contribution in [0.15, 0.2) is 71.8 Å². The number of carbonyl (C=O) groups is 1. The van der Waals surface area contributed by atoms with Gasteiger partial charge in [-0.1, -0.05) is 29.8 Å². The molecule has 0 spiro atoms. The van der Waals surface area contributed by atoms with Crippen molar-refractivity contribution in [3.05, 3.63) is 88.4 Å². The zero-order valence-electron chi connectivity index (χ0n) is 18.0. The topological polar surface area (TPSA) is 69.2 Å². The molecule has 0 fully saturated rings. The number of nitrogens with one attached hydrogen (secondary N) is 1. The second-order valence-electron chi connectivity index (χ2n) is 6.68. The molecule has 0 saturated carbocycles. The minimum absolute atomic E-state index is 0.311. The molecule has 0 unspecified atom stereocenters. The standard InChI is InChI=1S/C25H25ClN2O4/c1-3-30-21-12-10-19(11-13-21)25(29)28-27-16-18-9-14-23(24(15-18)31-4-2)32-17-20-7-5-6-8-22(20)26/h5-16H,3-4,17H2,1-2H3,(H,28,29)/b27-16-. The minimum Gasteiger partial charge on any atom is -0.494 e. The van der Waals surface area contributed by atoms with Crippen molar-refractivity contribution in [1.29, 1.82) is 0 Å². The highest BCUT2D eigenvalue weighted by Crippen LogP contribution is 2.29. The number of benzene rings is 3. The molecule has 0 heterocycles. The van der Waals surface area contributed by atoms with Gasteiger partial charge in [-0.15, -0.1) is 0 Å². The summed E-state index contributed by atoms with van der Waals surface area (Å²) < 4.78 is 17.0. The molecule has 32 heavy (non-hydrogen) atoms. The van der Waals surface area contributed by atoms with Gasteiger partial charge in [0.15, 0.2) is 11.5 Å². The molecule has 0 bridgehead atoms. The second kappa shape index (κ2) is 11.8. The highest BCUT2D eigenvalue weighted by Gasteiger charge is 2.08. The van der Waals surface area contributed by atoms with Gasteiger partial charge in [-0.3, -0.25) is 4.79 Å². The van der Waals surface area contributed by atoms with E-state index in [1.807, 2.05) is 44.2 Å². The molecule has 0 saturated heterocycles. The molecular formula is C25H25ClN2O4. The first kappa shape index (κ1) is 23.2. The number of amides is 1. The van der Waals surface area contributed by atoms with Crippen molar-refractivity contribution in [1.82, 2.24) is 5.43 Å². The monoisotopic (exact) mass is 452 g/mol. The van der Waals surface area contributed by atoms with Crippen LogP contribution in [0.1, 0.15) is 35.3 Å². The van der Waals surface area contributed by atoms with Crippen LogP contribution in [0.3, 0.4) is 0 Å². The predicted octanol–water partition coefficient (Wildman–Crippen LogP) is 5.48. The van der Waals surface area contributed by atoms with Gasteiger partial charge in [0.2, 0.25) is 0 Å². The van der Waals surface area contributed by atoms with E-state index in [1.54, 1.807) is 42.6 Å². The Kier molecular flexibility index (Phi) is 8.52. The average Bonchev–Trinajstić information content (AvgIpc) is 2.80. The molecule has 0 aliphatic rings. The van der Waals surface area contributed by atoms with Crippen LogP contribution in [-0.4, -0.2) is 25.3 Å². The first-order valence-corrected chi connectivity index (χ1v) is 10.7. The summed E-state index contributed by atoms with van der Waals surface area (Å²) in [5, 5.41) is 4.69. The Labute approximate surface area is 192 Å². The Morgan fingerprint density at radius 1 is 0.938 bits per heavy atom. The summed E-state index contributed by atoms with van der Waals surface area (Å²) in [5.74, 6) is 1.59. The SMILES string of the molecule is CCOc1ccc(C(=O)N/N=C\c2ccc(OCc3ccccc3Cl)c(OCC)c2)cc1. The summed E-state index contributed by atoms with van der Waals surface area (Å²) in [6, 6.07) is 19.8. The molecule has 1 amide bonds. The first-order valence-electron chi connectivity index (χ1n) is 10.3. The molecule has 0 atom stereocenters. The van der Waals surface area contributed by atoms with Crippen LogP contribution in [0.2, 0.25) is 5.02 Å². The molecular weight excluding hydrogens is 428 g/mol. The molecule has 0 aliphatic carbocycles. The average molecular weight is 453 g/mol. The summed E-state index contributed by atoms with van der Waals surface area (Å²) in [6.07, 6.45) is 1.55. The Morgan fingerprint density at radius 2 is 1.69 bits per heavy atom. The van der Waals surface area contributed by atoms with Gasteiger partial charge in [-0.05, 0) is 67.9 Å². The first-order chi connectivity index (χ1) is 15.6. The van der Waals surface area contributed by atoms with Gasteiger partial charge in [-0.25, -0.2) is 5.43 Å². The van der Waals surface area contributed by atoms with Crippen LogP contribution in [-0.2, 0) is 6.61 Å². The number of carbonyl (C=O) groups excluding carboxylic acids is 1. The zero-order valence-corrected chi connectivity index (χ0v) is 18.8. The minimum atomic E-state index is -0.311. The van der Waals surface area contributed by atoms with E-state index in [-0.39, 0.29) is 5.91 Å². The maximum absolute atomic E-state index is 12.3. The Balaban J connectivity index is 1.63. The van der Waals surface area contributed by atoms with E-state index in [0.29, 0.717) is 47.7 Å². The summed E-state index contributed by atoms with van der Waals surface area (Å²) in [6.45, 7) is 5.19. The lowest BCUT2D eigenvalue weighted by Gasteiger charge is -2.13. The van der Waals surface area contributed by atoms with E-state index < -0.39 is 0 Å². The molecule has 1 N–H and O–H groups in total. The summed E-state index contributed by atoms with van der Waals surface area (Å²) in [7, 11) is 0. The lowest BCUT2D eigenvalue weighted by molar-refractivity contribution is 0.0955. The Morgan fingerprint density at radius 3 is 2.41 bits per heavy atom. The Bertz CT molecular complexity index is 1070. The fourth-order valence-electron chi connectivity index (χ4n) is 2.86. The molecule has 0 aromatic heterocycles. The maximum atomic E-state index is 12.3. The third kappa shape index (κ3) is 6.49. The van der Waals surface area contributed by atoms with Crippen LogP contribution < -0.4 is 19.6 Å². The molecule has 6 nitrogen and oxygen atoms in total. The van der Waals surface area contributed by atoms with E-state index >= 15 is 0 Å². The third-order valence-electron chi connectivity index (χ3n) is 4.42.